The molecule has 1 fully saturated rings. The molecule has 2 aliphatic rings. The molecule has 6 heteroatoms. The summed E-state index contributed by atoms with van der Waals surface area (Å²) in [6.07, 6.45) is 3.18. The number of rotatable bonds is 4. The zero-order chi connectivity index (χ0) is 19.7. The molecule has 0 bridgehead atoms. The van der Waals surface area contributed by atoms with Crippen LogP contribution in [0.1, 0.15) is 39.9 Å². The van der Waals surface area contributed by atoms with Crippen LogP contribution in [0.3, 0.4) is 0 Å². The van der Waals surface area contributed by atoms with Crippen molar-refractivity contribution >= 4 is 11.8 Å². The van der Waals surface area contributed by atoms with E-state index >= 15 is 0 Å². The second-order valence-electron chi connectivity index (χ2n) is 7.66. The molecule has 1 spiro atoms. The van der Waals surface area contributed by atoms with Crippen molar-refractivity contribution in [2.75, 3.05) is 13.7 Å². The van der Waals surface area contributed by atoms with Crippen molar-refractivity contribution in [1.82, 2.24) is 10.4 Å². The molecule has 1 aliphatic carbocycles. The van der Waals surface area contributed by atoms with Crippen molar-refractivity contribution in [2.24, 2.45) is 5.41 Å². The van der Waals surface area contributed by atoms with Gasteiger partial charge in [0.25, 0.3) is 5.91 Å². The fraction of sp³-hybridized carbons (Fsp3) is 0.364. The minimum Gasteiger partial charge on any atom is -0.497 e. The number of carbonyl (C=O) groups excluding carboxylic acids is 2. The number of amides is 2. The summed E-state index contributed by atoms with van der Waals surface area (Å²) in [6, 6.07) is 12.7. The second kappa shape index (κ2) is 7.28. The Morgan fingerprint density at radius 2 is 1.96 bits per heavy atom. The van der Waals surface area contributed by atoms with E-state index in [1.807, 2.05) is 24.3 Å². The maximum absolute atomic E-state index is 12.7. The van der Waals surface area contributed by atoms with Gasteiger partial charge in [0.05, 0.1) is 19.1 Å². The van der Waals surface area contributed by atoms with Gasteiger partial charge in [-0.25, -0.2) is 5.06 Å². The van der Waals surface area contributed by atoms with E-state index in [1.165, 1.54) is 5.56 Å². The number of hydrogen-bond acceptors (Lipinski definition) is 4. The maximum atomic E-state index is 12.7. The zero-order valence-corrected chi connectivity index (χ0v) is 15.9. The predicted octanol–water partition coefficient (Wildman–Crippen LogP) is 2.72. The van der Waals surface area contributed by atoms with E-state index in [0.29, 0.717) is 12.0 Å². The Balaban J connectivity index is 1.50. The highest BCUT2D eigenvalue weighted by Gasteiger charge is 2.44. The van der Waals surface area contributed by atoms with E-state index in [4.69, 9.17) is 4.74 Å². The highest BCUT2D eigenvalue weighted by molar-refractivity contribution is 5.94. The lowest BCUT2D eigenvalue weighted by atomic mass is 9.70. The molecule has 1 heterocycles. The summed E-state index contributed by atoms with van der Waals surface area (Å²) >= 11 is 0. The summed E-state index contributed by atoms with van der Waals surface area (Å²) in [5, 5.41) is 14.0. The Morgan fingerprint density at radius 1 is 1.18 bits per heavy atom. The molecule has 2 amide bonds. The molecule has 1 saturated heterocycles. The third-order valence-electron chi connectivity index (χ3n) is 5.95. The molecular formula is C22H24N2O4. The van der Waals surface area contributed by atoms with Crippen molar-refractivity contribution < 1.29 is 19.5 Å². The lowest BCUT2D eigenvalue weighted by Crippen LogP contribution is -2.36. The van der Waals surface area contributed by atoms with Gasteiger partial charge in [-0.2, -0.15) is 0 Å². The van der Waals surface area contributed by atoms with E-state index in [-0.39, 0.29) is 17.9 Å². The van der Waals surface area contributed by atoms with E-state index in [9.17, 15) is 14.8 Å². The van der Waals surface area contributed by atoms with Crippen molar-refractivity contribution in [3.63, 3.8) is 0 Å². The van der Waals surface area contributed by atoms with E-state index in [0.717, 1.165) is 47.7 Å². The van der Waals surface area contributed by atoms with Gasteiger partial charge in [-0.15, -0.1) is 0 Å². The highest BCUT2D eigenvalue weighted by atomic mass is 16.5. The summed E-state index contributed by atoms with van der Waals surface area (Å²) in [6.45, 7) is 0.811. The molecule has 28 heavy (non-hydrogen) atoms. The van der Waals surface area contributed by atoms with Gasteiger partial charge in [0.1, 0.15) is 5.75 Å². The number of hydrogen-bond donors (Lipinski definition) is 2. The molecule has 0 saturated carbocycles. The minimum atomic E-state index is -0.450. The standard InChI is InChI=1S/C22H24N2O4/c1-28-19-6-2-15(3-7-19)14-24(27)20(25)17-5-4-16-8-9-22(13-18(16)12-17)10-11-23-21(22)26/h2-7,12,27H,8-11,13-14H2,1H3,(H,23,26)/t22-/m1/s1. The Morgan fingerprint density at radius 3 is 2.64 bits per heavy atom. The summed E-state index contributed by atoms with van der Waals surface area (Å²) in [4.78, 5) is 25.0. The number of aryl methyl sites for hydroxylation is 1. The number of ether oxygens (including phenoxy) is 1. The highest BCUT2D eigenvalue weighted by Crippen LogP contribution is 2.41. The molecule has 0 unspecified atom stereocenters. The monoisotopic (exact) mass is 380 g/mol. The molecule has 6 nitrogen and oxygen atoms in total. The molecular weight excluding hydrogens is 356 g/mol. The van der Waals surface area contributed by atoms with Crippen molar-refractivity contribution in [3.05, 3.63) is 64.7 Å². The summed E-state index contributed by atoms with van der Waals surface area (Å²) in [5.41, 5.74) is 3.12. The number of nitrogens with one attached hydrogen (secondary N) is 1. The normalized spacial score (nSPS) is 20.6. The number of hydroxylamine groups is 2. The van der Waals surface area contributed by atoms with Crippen molar-refractivity contribution in [2.45, 2.75) is 32.2 Å². The van der Waals surface area contributed by atoms with Gasteiger partial charge in [-0.3, -0.25) is 14.8 Å². The molecule has 2 aromatic carbocycles. The van der Waals surface area contributed by atoms with Gasteiger partial charge in [0.2, 0.25) is 5.91 Å². The van der Waals surface area contributed by atoms with Gasteiger partial charge in [0, 0.05) is 12.1 Å². The largest absolute Gasteiger partial charge is 0.497 e. The molecule has 146 valence electrons. The summed E-state index contributed by atoms with van der Waals surface area (Å²) in [7, 11) is 1.59. The average molecular weight is 380 g/mol. The van der Waals surface area contributed by atoms with Gasteiger partial charge in [-0.05, 0) is 66.6 Å². The molecule has 1 atom stereocenters. The Labute approximate surface area is 164 Å². The first-order chi connectivity index (χ1) is 13.5. The average Bonchev–Trinajstić information content (AvgIpc) is 3.06. The fourth-order valence-electron chi connectivity index (χ4n) is 4.24. The lowest BCUT2D eigenvalue weighted by Gasteiger charge is -2.32. The molecule has 1 aliphatic heterocycles. The van der Waals surface area contributed by atoms with Crippen LogP contribution in [0.4, 0.5) is 0 Å². The van der Waals surface area contributed by atoms with Crippen LogP contribution < -0.4 is 10.1 Å². The molecule has 2 aromatic rings. The van der Waals surface area contributed by atoms with Crippen LogP contribution >= 0.6 is 0 Å². The van der Waals surface area contributed by atoms with Gasteiger partial charge in [-0.1, -0.05) is 18.2 Å². The van der Waals surface area contributed by atoms with Crippen molar-refractivity contribution in [3.8, 4) is 5.75 Å². The van der Waals surface area contributed by atoms with Crippen LogP contribution in [0.15, 0.2) is 42.5 Å². The van der Waals surface area contributed by atoms with E-state index < -0.39 is 5.91 Å². The van der Waals surface area contributed by atoms with Crippen LogP contribution in [0.5, 0.6) is 5.75 Å². The molecule has 0 radical (unpaired) electrons. The fourth-order valence-corrected chi connectivity index (χ4v) is 4.24. The maximum Gasteiger partial charge on any atom is 0.277 e. The van der Waals surface area contributed by atoms with Gasteiger partial charge < -0.3 is 10.1 Å². The number of methoxy groups -OCH3 is 1. The topological polar surface area (TPSA) is 78.9 Å². The van der Waals surface area contributed by atoms with E-state index in [1.54, 1.807) is 25.3 Å². The Bertz CT molecular complexity index is 909. The molecule has 4 rings (SSSR count). The first-order valence-corrected chi connectivity index (χ1v) is 9.54. The van der Waals surface area contributed by atoms with Crippen LogP contribution in [-0.2, 0) is 24.2 Å². The third-order valence-corrected chi connectivity index (χ3v) is 5.95. The van der Waals surface area contributed by atoms with Crippen LogP contribution in [-0.4, -0.2) is 35.7 Å². The molecule has 0 aromatic heterocycles. The Kier molecular flexibility index (Phi) is 4.81. The number of fused-ring (bicyclic) bond motifs is 1. The first kappa shape index (κ1) is 18.5. The smallest absolute Gasteiger partial charge is 0.277 e. The van der Waals surface area contributed by atoms with Crippen LogP contribution in [0, 0.1) is 5.41 Å². The van der Waals surface area contributed by atoms with Crippen LogP contribution in [0.25, 0.3) is 0 Å². The number of nitrogens with zero attached hydrogens (tertiary/aromatic N) is 1. The third kappa shape index (κ3) is 3.36. The number of benzene rings is 2. The summed E-state index contributed by atoms with van der Waals surface area (Å²) in [5.74, 6) is 0.395. The van der Waals surface area contributed by atoms with Gasteiger partial charge in [0.15, 0.2) is 0 Å². The van der Waals surface area contributed by atoms with Crippen molar-refractivity contribution in [1.29, 1.82) is 0 Å². The minimum absolute atomic E-state index is 0.0895. The van der Waals surface area contributed by atoms with E-state index in [2.05, 4.69) is 5.32 Å². The SMILES string of the molecule is COc1ccc(CN(O)C(=O)c2ccc3c(c2)C[C@]2(CCNC2=O)CC3)cc1. The number of carbonyl (C=O) groups is 2. The lowest BCUT2D eigenvalue weighted by molar-refractivity contribution is -0.128. The molecule has 2 N–H and O–H groups in total. The second-order valence-corrected chi connectivity index (χ2v) is 7.66. The zero-order valence-electron chi connectivity index (χ0n) is 15.9. The Hall–Kier alpha value is -2.86. The van der Waals surface area contributed by atoms with Gasteiger partial charge >= 0.3 is 0 Å². The van der Waals surface area contributed by atoms with Crippen LogP contribution in [0.2, 0.25) is 0 Å². The predicted molar refractivity (Wildman–Crippen MR) is 103 cm³/mol. The quantitative estimate of drug-likeness (QED) is 0.631. The summed E-state index contributed by atoms with van der Waals surface area (Å²) < 4.78 is 5.12. The first-order valence-electron chi connectivity index (χ1n) is 9.54.